The van der Waals surface area contributed by atoms with Gasteiger partial charge >= 0.3 is 0 Å². The van der Waals surface area contributed by atoms with E-state index in [4.69, 9.17) is 23.2 Å². The molecule has 0 saturated carbocycles. The summed E-state index contributed by atoms with van der Waals surface area (Å²) in [5.74, 6) is -0.623. The van der Waals surface area contributed by atoms with Gasteiger partial charge in [-0.25, -0.2) is 0 Å². The van der Waals surface area contributed by atoms with Gasteiger partial charge in [-0.3, -0.25) is 9.59 Å². The van der Waals surface area contributed by atoms with Crippen LogP contribution in [-0.4, -0.2) is 35.7 Å². The fourth-order valence-electron chi connectivity index (χ4n) is 1.35. The molecular weight excluding hydrogens is 275 g/mol. The highest BCUT2D eigenvalue weighted by Gasteiger charge is 2.17. The zero-order valence-electron chi connectivity index (χ0n) is 10.1. The van der Waals surface area contributed by atoms with E-state index in [1.165, 1.54) is 11.9 Å². The number of alkyl halides is 1. The number of carbonyl (C=O) groups excluding carboxylic acids is 2. The summed E-state index contributed by atoms with van der Waals surface area (Å²) in [4.78, 5) is 24.4. The van der Waals surface area contributed by atoms with E-state index in [1.54, 1.807) is 31.2 Å². The van der Waals surface area contributed by atoms with Crippen LogP contribution in [0.25, 0.3) is 0 Å². The van der Waals surface area contributed by atoms with Gasteiger partial charge in [0.15, 0.2) is 0 Å². The fourth-order valence-corrected chi connectivity index (χ4v) is 1.70. The summed E-state index contributed by atoms with van der Waals surface area (Å²) in [6.45, 7) is 1.49. The summed E-state index contributed by atoms with van der Waals surface area (Å²) in [6, 6.07) is 6.89. The molecule has 0 aromatic heterocycles. The van der Waals surface area contributed by atoms with Crippen LogP contribution < -0.4 is 5.32 Å². The number of amides is 2. The van der Waals surface area contributed by atoms with Crippen LogP contribution in [0.3, 0.4) is 0 Å². The molecule has 0 aliphatic heterocycles. The average Bonchev–Trinajstić information content (AvgIpc) is 2.30. The topological polar surface area (TPSA) is 49.4 Å². The molecule has 1 aromatic carbocycles. The molecule has 1 atom stereocenters. The van der Waals surface area contributed by atoms with E-state index in [9.17, 15) is 9.59 Å². The molecule has 18 heavy (non-hydrogen) atoms. The molecule has 0 bridgehead atoms. The number of halogens is 2. The first-order chi connectivity index (χ1) is 8.41. The molecule has 6 heteroatoms. The summed E-state index contributed by atoms with van der Waals surface area (Å²) in [5, 5.41) is 2.43. The van der Waals surface area contributed by atoms with E-state index in [-0.39, 0.29) is 18.4 Å². The number of rotatable bonds is 4. The average molecular weight is 289 g/mol. The zero-order valence-corrected chi connectivity index (χ0v) is 11.6. The molecule has 4 nitrogen and oxygen atoms in total. The summed E-state index contributed by atoms with van der Waals surface area (Å²) in [6.07, 6.45) is 0. The second kappa shape index (κ2) is 6.61. The predicted octanol–water partition coefficient (Wildman–Crippen LogP) is 2.36. The van der Waals surface area contributed by atoms with Crippen LogP contribution in [0, 0.1) is 0 Å². The Morgan fingerprint density at radius 1 is 1.39 bits per heavy atom. The van der Waals surface area contributed by atoms with E-state index in [0.717, 1.165) is 0 Å². The molecule has 0 spiro atoms. The third-order valence-electron chi connectivity index (χ3n) is 2.25. The highest BCUT2D eigenvalue weighted by molar-refractivity contribution is 6.33. The minimum Gasteiger partial charge on any atom is -0.335 e. The van der Waals surface area contributed by atoms with E-state index in [0.29, 0.717) is 10.7 Å². The molecule has 1 N–H and O–H groups in total. The Hall–Kier alpha value is -1.26. The number of nitrogens with zero attached hydrogens (tertiary/aromatic N) is 1. The minimum absolute atomic E-state index is 0.0683. The Morgan fingerprint density at radius 2 is 2.00 bits per heavy atom. The number of anilines is 1. The molecule has 1 aromatic rings. The van der Waals surface area contributed by atoms with E-state index < -0.39 is 5.38 Å². The predicted molar refractivity (Wildman–Crippen MR) is 73.0 cm³/mol. The molecule has 0 heterocycles. The SMILES string of the molecule is CC(Cl)C(=O)N(C)CC(=O)Nc1ccccc1Cl. The first-order valence-electron chi connectivity index (χ1n) is 5.35. The molecular formula is C12H14Cl2N2O2. The van der Waals surface area contributed by atoms with Crippen molar-refractivity contribution in [2.24, 2.45) is 0 Å². The normalized spacial score (nSPS) is 11.8. The van der Waals surface area contributed by atoms with Gasteiger partial charge in [-0.15, -0.1) is 11.6 Å². The maximum atomic E-state index is 11.7. The van der Waals surface area contributed by atoms with Crippen molar-refractivity contribution < 1.29 is 9.59 Å². The first-order valence-corrected chi connectivity index (χ1v) is 6.16. The first kappa shape index (κ1) is 14.8. The lowest BCUT2D eigenvalue weighted by atomic mass is 10.3. The van der Waals surface area contributed by atoms with Crippen LogP contribution in [0.4, 0.5) is 5.69 Å². The number of carbonyl (C=O) groups is 2. The molecule has 1 rings (SSSR count). The van der Waals surface area contributed by atoms with Crippen LogP contribution in [0.1, 0.15) is 6.92 Å². The Kier molecular flexibility index (Phi) is 5.44. The van der Waals surface area contributed by atoms with Crippen molar-refractivity contribution in [3.63, 3.8) is 0 Å². The lowest BCUT2D eigenvalue weighted by molar-refractivity contribution is -0.132. The third kappa shape index (κ3) is 4.20. The Balaban J connectivity index is 2.58. The highest BCUT2D eigenvalue weighted by atomic mass is 35.5. The van der Waals surface area contributed by atoms with Gasteiger partial charge < -0.3 is 10.2 Å². The van der Waals surface area contributed by atoms with Crippen LogP contribution in [0.2, 0.25) is 5.02 Å². The van der Waals surface area contributed by atoms with Gasteiger partial charge in [0, 0.05) is 7.05 Å². The lowest BCUT2D eigenvalue weighted by Crippen LogP contribution is -2.38. The Morgan fingerprint density at radius 3 is 2.56 bits per heavy atom. The van der Waals surface area contributed by atoms with Crippen molar-refractivity contribution in [2.75, 3.05) is 18.9 Å². The second-order valence-corrected chi connectivity index (χ2v) is 4.90. The number of likely N-dealkylation sites (N-methyl/N-ethyl adjacent to an activating group) is 1. The standard InChI is InChI=1S/C12H14Cl2N2O2/c1-8(13)12(18)16(2)7-11(17)15-10-6-4-3-5-9(10)14/h3-6,8H,7H2,1-2H3,(H,15,17). The van der Waals surface area contributed by atoms with Crippen LogP contribution in [0.15, 0.2) is 24.3 Å². The largest absolute Gasteiger partial charge is 0.335 e. The number of para-hydroxylation sites is 1. The second-order valence-electron chi connectivity index (χ2n) is 3.84. The third-order valence-corrected chi connectivity index (χ3v) is 2.76. The van der Waals surface area contributed by atoms with Gasteiger partial charge in [0.2, 0.25) is 11.8 Å². The van der Waals surface area contributed by atoms with Crippen molar-refractivity contribution >= 4 is 40.7 Å². The van der Waals surface area contributed by atoms with Crippen LogP contribution in [0.5, 0.6) is 0 Å². The summed E-state index contributed by atoms with van der Waals surface area (Å²) in [7, 11) is 1.52. The monoisotopic (exact) mass is 288 g/mol. The molecule has 2 amide bonds. The number of nitrogens with one attached hydrogen (secondary N) is 1. The van der Waals surface area contributed by atoms with E-state index in [2.05, 4.69) is 5.32 Å². The van der Waals surface area contributed by atoms with Crippen LogP contribution in [-0.2, 0) is 9.59 Å². The minimum atomic E-state index is -0.650. The lowest BCUT2D eigenvalue weighted by Gasteiger charge is -2.18. The van der Waals surface area contributed by atoms with Gasteiger partial charge in [-0.1, -0.05) is 23.7 Å². The quantitative estimate of drug-likeness (QED) is 0.865. The summed E-state index contributed by atoms with van der Waals surface area (Å²) >= 11 is 11.5. The van der Waals surface area contributed by atoms with Crippen molar-refractivity contribution in [2.45, 2.75) is 12.3 Å². The molecule has 98 valence electrons. The van der Waals surface area contributed by atoms with Crippen molar-refractivity contribution in [3.05, 3.63) is 29.3 Å². The van der Waals surface area contributed by atoms with Crippen molar-refractivity contribution in [1.82, 2.24) is 4.90 Å². The zero-order chi connectivity index (χ0) is 13.7. The van der Waals surface area contributed by atoms with Gasteiger partial charge in [-0.2, -0.15) is 0 Å². The smallest absolute Gasteiger partial charge is 0.244 e. The molecule has 0 aliphatic rings. The Bertz CT molecular complexity index is 449. The molecule has 0 radical (unpaired) electrons. The molecule has 1 unspecified atom stereocenters. The van der Waals surface area contributed by atoms with E-state index >= 15 is 0 Å². The Labute approximate surface area is 116 Å². The molecule has 0 fully saturated rings. The number of hydrogen-bond donors (Lipinski definition) is 1. The van der Waals surface area contributed by atoms with Gasteiger partial charge in [0.25, 0.3) is 0 Å². The van der Waals surface area contributed by atoms with Crippen LogP contribution >= 0.6 is 23.2 Å². The van der Waals surface area contributed by atoms with Gasteiger partial charge in [0.1, 0.15) is 5.38 Å². The fraction of sp³-hybridized carbons (Fsp3) is 0.333. The number of benzene rings is 1. The van der Waals surface area contributed by atoms with Gasteiger partial charge in [0.05, 0.1) is 17.3 Å². The number of hydrogen-bond acceptors (Lipinski definition) is 2. The van der Waals surface area contributed by atoms with Crippen molar-refractivity contribution in [1.29, 1.82) is 0 Å². The highest BCUT2D eigenvalue weighted by Crippen LogP contribution is 2.20. The maximum absolute atomic E-state index is 11.7. The van der Waals surface area contributed by atoms with Gasteiger partial charge in [-0.05, 0) is 19.1 Å². The summed E-state index contributed by atoms with van der Waals surface area (Å²) < 4.78 is 0. The van der Waals surface area contributed by atoms with Crippen molar-refractivity contribution in [3.8, 4) is 0 Å². The molecule has 0 aliphatic carbocycles. The van der Waals surface area contributed by atoms with E-state index in [1.807, 2.05) is 0 Å². The molecule has 0 saturated heterocycles. The maximum Gasteiger partial charge on any atom is 0.244 e. The summed E-state index contributed by atoms with van der Waals surface area (Å²) in [5.41, 5.74) is 0.518.